The molecule has 2 heterocycles. The van der Waals surface area contributed by atoms with Crippen LogP contribution in [0.3, 0.4) is 0 Å². The fourth-order valence-corrected chi connectivity index (χ4v) is 3.47. The smallest absolute Gasteiger partial charge is 0.390 e. The first-order chi connectivity index (χ1) is 13.8. The van der Waals surface area contributed by atoms with Gasteiger partial charge in [-0.3, -0.25) is 4.79 Å². The molecular weight excluding hydrogens is 409 g/mol. The number of nitrogens with one attached hydrogen (secondary N) is 1. The van der Waals surface area contributed by atoms with E-state index >= 15 is 0 Å². The number of alkyl halides is 3. The van der Waals surface area contributed by atoms with Gasteiger partial charge in [-0.15, -0.1) is 0 Å². The Morgan fingerprint density at radius 1 is 1.17 bits per heavy atom. The van der Waals surface area contributed by atoms with Crippen molar-refractivity contribution in [3.63, 3.8) is 0 Å². The molecule has 3 aromatic rings. The molecular formula is C19H14ClF3N4O2. The third kappa shape index (κ3) is 3.58. The third-order valence-corrected chi connectivity index (χ3v) is 5.09. The zero-order valence-electron chi connectivity index (χ0n) is 14.7. The minimum absolute atomic E-state index is 0.0947. The molecule has 150 valence electrons. The minimum atomic E-state index is -4.53. The molecule has 1 aliphatic rings. The first-order valence-corrected chi connectivity index (χ1v) is 8.97. The largest absolute Gasteiger partial charge is 0.417 e. The van der Waals surface area contributed by atoms with Crippen LogP contribution in [0.5, 0.6) is 0 Å². The van der Waals surface area contributed by atoms with E-state index in [0.717, 1.165) is 27.9 Å². The number of benzene rings is 1. The Bertz CT molecular complexity index is 1120. The number of pyridine rings is 1. The van der Waals surface area contributed by atoms with Crippen LogP contribution in [0.4, 0.5) is 18.9 Å². The summed E-state index contributed by atoms with van der Waals surface area (Å²) in [5.74, 6) is -0.0947. The Hall–Kier alpha value is -2.91. The number of hydrogen-bond donors (Lipinski definition) is 2. The van der Waals surface area contributed by atoms with Gasteiger partial charge in [0, 0.05) is 12.6 Å². The maximum absolute atomic E-state index is 12.7. The topological polar surface area (TPSA) is 80.0 Å². The maximum Gasteiger partial charge on any atom is 0.417 e. The van der Waals surface area contributed by atoms with Crippen LogP contribution in [0.2, 0.25) is 5.02 Å². The summed E-state index contributed by atoms with van der Waals surface area (Å²) < 4.78 is 38.8. The van der Waals surface area contributed by atoms with Crippen LogP contribution in [0.15, 0.2) is 53.6 Å². The molecule has 2 atom stereocenters. The lowest BCUT2D eigenvalue weighted by Gasteiger charge is -2.20. The highest BCUT2D eigenvalue weighted by molar-refractivity contribution is 6.33. The van der Waals surface area contributed by atoms with E-state index in [1.54, 1.807) is 0 Å². The van der Waals surface area contributed by atoms with Gasteiger partial charge in [-0.25, -0.2) is 4.98 Å². The molecule has 0 radical (unpaired) electrons. The second-order valence-corrected chi connectivity index (χ2v) is 6.96. The lowest BCUT2D eigenvalue weighted by Crippen LogP contribution is -2.26. The van der Waals surface area contributed by atoms with Gasteiger partial charge < -0.3 is 10.4 Å². The number of nitrogens with zero attached hydrogens (tertiary/aromatic N) is 3. The minimum Gasteiger partial charge on any atom is -0.390 e. The molecule has 0 unspecified atom stereocenters. The molecule has 2 aromatic heterocycles. The van der Waals surface area contributed by atoms with Gasteiger partial charge in [-0.05, 0) is 23.3 Å². The van der Waals surface area contributed by atoms with E-state index in [0.29, 0.717) is 12.6 Å². The summed E-state index contributed by atoms with van der Waals surface area (Å²) in [6.45, 7) is 0. The molecule has 0 fully saturated rings. The van der Waals surface area contributed by atoms with E-state index in [-0.39, 0.29) is 16.5 Å². The van der Waals surface area contributed by atoms with Gasteiger partial charge in [-0.1, -0.05) is 35.9 Å². The summed E-state index contributed by atoms with van der Waals surface area (Å²) in [6.07, 6.45) is -2.88. The highest BCUT2D eigenvalue weighted by Crippen LogP contribution is 2.35. The van der Waals surface area contributed by atoms with Crippen LogP contribution < -0.4 is 10.9 Å². The second kappa shape index (κ2) is 7.16. The van der Waals surface area contributed by atoms with Crippen molar-refractivity contribution in [2.24, 2.45) is 0 Å². The lowest BCUT2D eigenvalue weighted by atomic mass is 10.1. The Kier molecular flexibility index (Phi) is 4.79. The van der Waals surface area contributed by atoms with Crippen molar-refractivity contribution in [1.29, 1.82) is 0 Å². The van der Waals surface area contributed by atoms with Gasteiger partial charge in [0.2, 0.25) is 0 Å². The molecule has 2 N–H and O–H groups in total. The number of halogens is 4. The van der Waals surface area contributed by atoms with Crippen molar-refractivity contribution < 1.29 is 18.3 Å². The molecule has 0 saturated heterocycles. The van der Waals surface area contributed by atoms with Crippen molar-refractivity contribution in [3.8, 4) is 5.82 Å². The van der Waals surface area contributed by atoms with Crippen LogP contribution in [-0.2, 0) is 12.6 Å². The normalized spacial score (nSPS) is 18.5. The lowest BCUT2D eigenvalue weighted by molar-refractivity contribution is -0.137. The summed E-state index contributed by atoms with van der Waals surface area (Å²) in [7, 11) is 0. The molecule has 0 saturated carbocycles. The van der Waals surface area contributed by atoms with Crippen LogP contribution in [0.1, 0.15) is 22.7 Å². The van der Waals surface area contributed by atoms with E-state index < -0.39 is 29.4 Å². The van der Waals surface area contributed by atoms with Crippen LogP contribution >= 0.6 is 11.6 Å². The van der Waals surface area contributed by atoms with Crippen molar-refractivity contribution >= 4 is 17.3 Å². The average molecular weight is 423 g/mol. The standard InChI is InChI=1S/C19H14ClF3N4O2/c20-16-13(26-17-12-4-2-1-3-10(12)7-14(17)28)9-25-27(18(16)29)15-6-5-11(8-24-15)19(21,22)23/h1-6,8-9,14,17,26,28H,7H2/t14-,17+/m0/s1. The number of hydrogen-bond acceptors (Lipinski definition) is 5. The third-order valence-electron chi connectivity index (χ3n) is 4.73. The SMILES string of the molecule is O=c1c(Cl)c(N[C@@H]2c3ccccc3C[C@@H]2O)cnn1-c1ccc(C(F)(F)F)cn1. The van der Waals surface area contributed by atoms with E-state index in [4.69, 9.17) is 11.6 Å². The zero-order valence-corrected chi connectivity index (χ0v) is 15.4. The molecule has 4 rings (SSSR count). The first-order valence-electron chi connectivity index (χ1n) is 8.59. The predicted octanol–water partition coefficient (Wildman–Crippen LogP) is 3.37. The molecule has 29 heavy (non-hydrogen) atoms. The number of anilines is 1. The number of aliphatic hydroxyl groups excluding tert-OH is 1. The molecule has 1 aliphatic carbocycles. The van der Waals surface area contributed by atoms with Crippen molar-refractivity contribution in [1.82, 2.24) is 14.8 Å². The Morgan fingerprint density at radius 2 is 1.93 bits per heavy atom. The summed E-state index contributed by atoms with van der Waals surface area (Å²) in [4.78, 5) is 16.2. The first kappa shape index (κ1) is 19.4. The van der Waals surface area contributed by atoms with Gasteiger partial charge in [0.1, 0.15) is 5.02 Å². The Morgan fingerprint density at radius 3 is 2.62 bits per heavy atom. The van der Waals surface area contributed by atoms with Crippen LogP contribution in [0.25, 0.3) is 5.82 Å². The van der Waals surface area contributed by atoms with E-state index in [9.17, 15) is 23.1 Å². The van der Waals surface area contributed by atoms with Crippen LogP contribution in [-0.4, -0.2) is 26.0 Å². The van der Waals surface area contributed by atoms with Gasteiger partial charge in [0.15, 0.2) is 5.82 Å². The van der Waals surface area contributed by atoms with E-state index in [2.05, 4.69) is 15.4 Å². The van der Waals surface area contributed by atoms with Crippen molar-refractivity contribution in [2.45, 2.75) is 24.7 Å². The van der Waals surface area contributed by atoms with Crippen molar-refractivity contribution in [3.05, 3.63) is 80.9 Å². The second-order valence-electron chi connectivity index (χ2n) is 6.58. The summed E-state index contributed by atoms with van der Waals surface area (Å²) in [6, 6.07) is 8.89. The van der Waals surface area contributed by atoms with Gasteiger partial charge in [-0.2, -0.15) is 23.0 Å². The monoisotopic (exact) mass is 422 g/mol. The van der Waals surface area contributed by atoms with E-state index in [1.807, 2.05) is 24.3 Å². The summed E-state index contributed by atoms with van der Waals surface area (Å²) in [5.41, 5.74) is 0.409. The number of aromatic nitrogens is 3. The Balaban J connectivity index is 1.64. The number of rotatable bonds is 3. The fourth-order valence-electron chi connectivity index (χ4n) is 3.29. The molecule has 0 spiro atoms. The van der Waals surface area contributed by atoms with Crippen molar-refractivity contribution in [2.75, 3.05) is 5.32 Å². The summed E-state index contributed by atoms with van der Waals surface area (Å²) in [5, 5.41) is 17.1. The average Bonchev–Trinajstić information content (AvgIpc) is 3.00. The molecule has 10 heteroatoms. The number of fused-ring (bicyclic) bond motifs is 1. The van der Waals surface area contributed by atoms with Gasteiger partial charge in [0.25, 0.3) is 5.56 Å². The van der Waals surface area contributed by atoms with Crippen LogP contribution in [0, 0.1) is 0 Å². The Labute approximate surface area is 167 Å². The quantitative estimate of drug-likeness (QED) is 0.676. The predicted molar refractivity (Wildman–Crippen MR) is 100 cm³/mol. The highest BCUT2D eigenvalue weighted by Gasteiger charge is 2.32. The zero-order chi connectivity index (χ0) is 20.8. The molecule has 0 amide bonds. The van der Waals surface area contributed by atoms with E-state index in [1.165, 1.54) is 6.20 Å². The molecule has 6 nitrogen and oxygen atoms in total. The fraction of sp³-hybridized carbons (Fsp3) is 0.211. The summed E-state index contributed by atoms with van der Waals surface area (Å²) >= 11 is 6.18. The number of aliphatic hydroxyl groups is 1. The van der Waals surface area contributed by atoms with Gasteiger partial charge in [0.05, 0.1) is 29.6 Å². The van der Waals surface area contributed by atoms with Gasteiger partial charge >= 0.3 is 6.18 Å². The molecule has 0 aliphatic heterocycles. The molecule has 0 bridgehead atoms. The molecule has 1 aromatic carbocycles. The maximum atomic E-state index is 12.7. The highest BCUT2D eigenvalue weighted by atomic mass is 35.5.